The molecule has 0 amide bonds. The monoisotopic (exact) mass is 251 g/mol. The third kappa shape index (κ3) is 8.23. The molecule has 1 rings (SSSR count). The summed E-state index contributed by atoms with van der Waals surface area (Å²) in [5, 5.41) is 3.39. The fourth-order valence-electron chi connectivity index (χ4n) is 1.74. The van der Waals surface area contributed by atoms with Crippen LogP contribution in [0.25, 0.3) is 0 Å². The van der Waals surface area contributed by atoms with E-state index < -0.39 is 0 Å². The van der Waals surface area contributed by atoms with Gasteiger partial charge in [0.25, 0.3) is 0 Å². The van der Waals surface area contributed by atoms with E-state index >= 15 is 0 Å². The summed E-state index contributed by atoms with van der Waals surface area (Å²) in [5.41, 5.74) is 1.41. The average molecular weight is 251 g/mol. The molecule has 0 aliphatic heterocycles. The molecule has 1 aromatic carbocycles. The normalized spacial score (nSPS) is 10.7. The van der Waals surface area contributed by atoms with Gasteiger partial charge in [-0.1, -0.05) is 30.3 Å². The molecule has 0 unspecified atom stereocenters. The Hall–Kier alpha value is -0.900. The van der Waals surface area contributed by atoms with Gasteiger partial charge in [-0.05, 0) is 31.4 Å². The van der Waals surface area contributed by atoms with Crippen molar-refractivity contribution in [3.8, 4) is 0 Å². The van der Waals surface area contributed by atoms with Crippen molar-refractivity contribution in [3.63, 3.8) is 0 Å². The van der Waals surface area contributed by atoms with Crippen LogP contribution in [0.3, 0.4) is 0 Å². The van der Waals surface area contributed by atoms with Crippen molar-refractivity contribution in [2.45, 2.75) is 19.3 Å². The van der Waals surface area contributed by atoms with Crippen molar-refractivity contribution in [2.24, 2.45) is 0 Å². The fraction of sp³-hybridized carbons (Fsp3) is 0.600. The minimum Gasteiger partial charge on any atom is -0.385 e. The first-order valence-corrected chi connectivity index (χ1v) is 6.75. The summed E-state index contributed by atoms with van der Waals surface area (Å²) in [6.45, 7) is 4.34. The van der Waals surface area contributed by atoms with E-state index in [-0.39, 0.29) is 0 Å². The van der Waals surface area contributed by atoms with E-state index in [0.29, 0.717) is 0 Å². The van der Waals surface area contributed by atoms with Crippen LogP contribution in [-0.2, 0) is 15.9 Å². The number of ether oxygens (including phenoxy) is 2. The fourth-order valence-corrected chi connectivity index (χ4v) is 1.74. The third-order valence-corrected chi connectivity index (χ3v) is 2.72. The van der Waals surface area contributed by atoms with Gasteiger partial charge in [-0.3, -0.25) is 0 Å². The maximum atomic E-state index is 5.46. The van der Waals surface area contributed by atoms with Gasteiger partial charge in [-0.2, -0.15) is 0 Å². The van der Waals surface area contributed by atoms with Gasteiger partial charge < -0.3 is 14.8 Å². The van der Waals surface area contributed by atoms with E-state index in [1.807, 2.05) is 0 Å². The third-order valence-electron chi connectivity index (χ3n) is 2.72. The molecule has 0 spiro atoms. The van der Waals surface area contributed by atoms with Crippen LogP contribution < -0.4 is 5.32 Å². The van der Waals surface area contributed by atoms with Gasteiger partial charge in [0, 0.05) is 26.9 Å². The number of methoxy groups -OCH3 is 1. The van der Waals surface area contributed by atoms with Crippen molar-refractivity contribution in [1.82, 2.24) is 5.32 Å². The lowest BCUT2D eigenvalue weighted by Gasteiger charge is -2.06. The van der Waals surface area contributed by atoms with E-state index in [4.69, 9.17) is 9.47 Å². The van der Waals surface area contributed by atoms with Gasteiger partial charge in [0.1, 0.15) is 0 Å². The molecule has 0 saturated carbocycles. The Bertz CT molecular complexity index is 277. The summed E-state index contributed by atoms with van der Waals surface area (Å²) in [6.07, 6.45) is 3.29. The summed E-state index contributed by atoms with van der Waals surface area (Å²) in [6, 6.07) is 10.6. The van der Waals surface area contributed by atoms with E-state index in [0.717, 1.165) is 45.8 Å². The zero-order valence-electron chi connectivity index (χ0n) is 11.4. The molecule has 0 heterocycles. The van der Waals surface area contributed by atoms with Gasteiger partial charge in [-0.25, -0.2) is 0 Å². The summed E-state index contributed by atoms with van der Waals surface area (Å²) in [5.74, 6) is 0. The van der Waals surface area contributed by atoms with Crippen molar-refractivity contribution in [3.05, 3.63) is 35.9 Å². The average Bonchev–Trinajstić information content (AvgIpc) is 2.42. The van der Waals surface area contributed by atoms with Gasteiger partial charge in [0.15, 0.2) is 0 Å². The standard InChI is InChI=1S/C15H25NO2/c1-17-12-6-13-18-14-11-16-10-5-9-15-7-3-2-4-8-15/h2-4,7-8,16H,5-6,9-14H2,1H3. The molecule has 1 N–H and O–H groups in total. The van der Waals surface area contributed by atoms with Crippen LogP contribution >= 0.6 is 0 Å². The first-order valence-electron chi connectivity index (χ1n) is 6.75. The van der Waals surface area contributed by atoms with E-state index in [2.05, 4.69) is 35.6 Å². The van der Waals surface area contributed by atoms with Gasteiger partial charge in [0.05, 0.1) is 6.61 Å². The Labute approximate surface area is 110 Å². The van der Waals surface area contributed by atoms with Gasteiger partial charge in [-0.15, -0.1) is 0 Å². The molecule has 0 atom stereocenters. The number of hydrogen-bond acceptors (Lipinski definition) is 3. The smallest absolute Gasteiger partial charge is 0.0590 e. The summed E-state index contributed by atoms with van der Waals surface area (Å²) in [7, 11) is 1.72. The molecular formula is C15H25NO2. The van der Waals surface area contributed by atoms with Crippen molar-refractivity contribution in [1.29, 1.82) is 0 Å². The van der Waals surface area contributed by atoms with Crippen LogP contribution in [0.4, 0.5) is 0 Å². The Morgan fingerprint density at radius 3 is 2.56 bits per heavy atom. The SMILES string of the molecule is COCCCOCCNCCCc1ccccc1. The van der Waals surface area contributed by atoms with Crippen molar-refractivity contribution in [2.75, 3.05) is 40.0 Å². The van der Waals surface area contributed by atoms with Crippen LogP contribution in [0.1, 0.15) is 18.4 Å². The lowest BCUT2D eigenvalue weighted by molar-refractivity contribution is 0.104. The van der Waals surface area contributed by atoms with E-state index in [1.54, 1.807) is 7.11 Å². The molecule has 0 bridgehead atoms. The second-order valence-corrected chi connectivity index (χ2v) is 4.30. The molecule has 3 nitrogen and oxygen atoms in total. The molecule has 102 valence electrons. The number of hydrogen-bond donors (Lipinski definition) is 1. The van der Waals surface area contributed by atoms with Gasteiger partial charge >= 0.3 is 0 Å². The van der Waals surface area contributed by atoms with Crippen LogP contribution in [0, 0.1) is 0 Å². The molecular weight excluding hydrogens is 226 g/mol. The van der Waals surface area contributed by atoms with E-state index in [9.17, 15) is 0 Å². The predicted molar refractivity (Wildman–Crippen MR) is 74.9 cm³/mol. The Kier molecular flexibility index (Phi) is 9.44. The second-order valence-electron chi connectivity index (χ2n) is 4.30. The van der Waals surface area contributed by atoms with Crippen LogP contribution in [0.2, 0.25) is 0 Å². The second kappa shape index (κ2) is 11.2. The highest BCUT2D eigenvalue weighted by atomic mass is 16.5. The molecule has 0 aliphatic carbocycles. The van der Waals surface area contributed by atoms with Crippen LogP contribution in [0.5, 0.6) is 0 Å². The largest absolute Gasteiger partial charge is 0.385 e. The Balaban J connectivity index is 1.82. The molecule has 3 heteroatoms. The molecule has 1 aromatic rings. The zero-order valence-corrected chi connectivity index (χ0v) is 11.4. The molecule has 0 radical (unpaired) electrons. The quantitative estimate of drug-likeness (QED) is 0.612. The predicted octanol–water partition coefficient (Wildman–Crippen LogP) is 2.26. The lowest BCUT2D eigenvalue weighted by Crippen LogP contribution is -2.21. The summed E-state index contributed by atoms with van der Waals surface area (Å²) >= 11 is 0. The number of aryl methyl sites for hydroxylation is 1. The van der Waals surface area contributed by atoms with Crippen molar-refractivity contribution >= 4 is 0 Å². The molecule has 0 saturated heterocycles. The summed E-state index contributed by atoms with van der Waals surface area (Å²) < 4.78 is 10.4. The number of nitrogens with one attached hydrogen (secondary N) is 1. The first-order chi connectivity index (χ1) is 8.93. The maximum absolute atomic E-state index is 5.46. The Morgan fingerprint density at radius 1 is 0.944 bits per heavy atom. The van der Waals surface area contributed by atoms with E-state index in [1.165, 1.54) is 12.0 Å². The topological polar surface area (TPSA) is 30.5 Å². The first kappa shape index (κ1) is 15.2. The Morgan fingerprint density at radius 2 is 1.78 bits per heavy atom. The van der Waals surface area contributed by atoms with Crippen LogP contribution in [-0.4, -0.2) is 40.0 Å². The molecule has 0 aliphatic rings. The molecule has 18 heavy (non-hydrogen) atoms. The number of benzene rings is 1. The molecule has 0 fully saturated rings. The summed E-state index contributed by atoms with van der Waals surface area (Å²) in [4.78, 5) is 0. The zero-order chi connectivity index (χ0) is 12.9. The molecule has 0 aromatic heterocycles. The highest BCUT2D eigenvalue weighted by Gasteiger charge is 1.92. The maximum Gasteiger partial charge on any atom is 0.0590 e. The van der Waals surface area contributed by atoms with Crippen LogP contribution in [0.15, 0.2) is 30.3 Å². The van der Waals surface area contributed by atoms with Gasteiger partial charge in [0.2, 0.25) is 0 Å². The number of rotatable bonds is 11. The van der Waals surface area contributed by atoms with Crippen molar-refractivity contribution < 1.29 is 9.47 Å². The minimum atomic E-state index is 0.782. The highest BCUT2D eigenvalue weighted by molar-refractivity contribution is 5.14. The highest BCUT2D eigenvalue weighted by Crippen LogP contribution is 2.01. The minimum absolute atomic E-state index is 0.782. The lowest BCUT2D eigenvalue weighted by atomic mass is 10.1.